The third-order valence-corrected chi connectivity index (χ3v) is 5.62. The molecule has 0 bridgehead atoms. The predicted molar refractivity (Wildman–Crippen MR) is 137 cm³/mol. The van der Waals surface area contributed by atoms with E-state index in [1.165, 1.54) is 88.5 Å². The monoisotopic (exact) mass is 601 g/mol. The summed E-state index contributed by atoms with van der Waals surface area (Å²) < 4.78 is 32.9. The van der Waals surface area contributed by atoms with E-state index in [1.54, 1.807) is 0 Å². The topological polar surface area (TPSA) is 153 Å². The first-order chi connectivity index (χ1) is 17.6. The maximum absolute atomic E-state index is 11.8. The van der Waals surface area contributed by atoms with E-state index >= 15 is 0 Å². The number of rotatable bonds is 18. The molecule has 4 N–H and O–H groups in total. The van der Waals surface area contributed by atoms with Gasteiger partial charge >= 0.3 is 49.7 Å². The number of carbonyl (C=O) groups is 3. The fourth-order valence-electron chi connectivity index (χ4n) is 3.61. The summed E-state index contributed by atoms with van der Waals surface area (Å²) in [7, 11) is 0. The Balaban J connectivity index is 0.00000300. The molecule has 0 radical (unpaired) electrons. The van der Waals surface area contributed by atoms with Crippen molar-refractivity contribution in [1.29, 1.82) is 0 Å². The van der Waals surface area contributed by atoms with Crippen LogP contribution in [0.25, 0.3) is 0 Å². The van der Waals surface area contributed by atoms with Crippen LogP contribution >= 0.6 is 0 Å². The SMILES string of the molecule is CC(C)CCCCCCCCCCCCCCC(=O)OCC(=O)OC(=O)c1ccc(N)cc1.[O]=[Zr]([OH])[OH]. The van der Waals surface area contributed by atoms with Crippen LogP contribution in [-0.2, 0) is 44.5 Å². The number of nitrogens with two attached hydrogens (primary N) is 1. The minimum atomic E-state index is -3.79. The van der Waals surface area contributed by atoms with Crippen molar-refractivity contribution in [3.8, 4) is 0 Å². The van der Waals surface area contributed by atoms with Crippen molar-refractivity contribution in [2.45, 2.75) is 104 Å². The van der Waals surface area contributed by atoms with Gasteiger partial charge in [-0.3, -0.25) is 4.79 Å². The summed E-state index contributed by atoms with van der Waals surface area (Å²) in [6.45, 7) is 4.03. The van der Waals surface area contributed by atoms with E-state index in [0.717, 1.165) is 25.2 Å². The first kappa shape index (κ1) is 35.2. The third-order valence-electron chi connectivity index (χ3n) is 5.62. The molecular weight excluding hydrogens is 558 g/mol. The van der Waals surface area contributed by atoms with E-state index in [4.69, 9.17) is 19.6 Å². The van der Waals surface area contributed by atoms with Gasteiger partial charge in [0, 0.05) is 12.1 Å². The Morgan fingerprint density at radius 2 is 1.22 bits per heavy atom. The Hall–Kier alpha value is -1.77. The van der Waals surface area contributed by atoms with Crippen molar-refractivity contribution in [1.82, 2.24) is 0 Å². The van der Waals surface area contributed by atoms with E-state index in [1.807, 2.05) is 0 Å². The van der Waals surface area contributed by atoms with E-state index in [-0.39, 0.29) is 12.0 Å². The number of nitrogen functional groups attached to an aromatic ring is 1. The number of esters is 3. The van der Waals surface area contributed by atoms with Crippen molar-refractivity contribution >= 4 is 23.6 Å². The summed E-state index contributed by atoms with van der Waals surface area (Å²) >= 11 is -3.79. The minimum absolute atomic E-state index is 0.209. The zero-order valence-corrected chi connectivity index (χ0v) is 24.9. The van der Waals surface area contributed by atoms with Gasteiger partial charge < -0.3 is 15.2 Å². The fraction of sp³-hybridized carbons (Fsp3) is 0.667. The van der Waals surface area contributed by atoms with Crippen LogP contribution in [0.15, 0.2) is 24.3 Å². The average molecular weight is 603 g/mol. The zero-order valence-electron chi connectivity index (χ0n) is 22.4. The summed E-state index contributed by atoms with van der Waals surface area (Å²) in [4.78, 5) is 35.2. The van der Waals surface area contributed by atoms with Gasteiger partial charge in [0.1, 0.15) is 0 Å². The first-order valence-corrected chi connectivity index (χ1v) is 16.5. The van der Waals surface area contributed by atoms with Crippen molar-refractivity contribution < 1.29 is 55.7 Å². The number of hydrogen-bond acceptors (Lipinski definition) is 7. The van der Waals surface area contributed by atoms with Gasteiger partial charge in [0.2, 0.25) is 0 Å². The normalized spacial score (nSPS) is 10.4. The Morgan fingerprint density at radius 3 is 1.68 bits per heavy atom. The number of carbonyl (C=O) groups excluding carboxylic acids is 3. The van der Waals surface area contributed by atoms with Crippen LogP contribution in [0, 0.1) is 5.92 Å². The number of benzene rings is 1. The summed E-state index contributed by atoms with van der Waals surface area (Å²) in [5, 5.41) is 0. The molecule has 1 aromatic rings. The number of unbranched alkanes of at least 4 members (excludes halogenated alkanes) is 11. The van der Waals surface area contributed by atoms with Gasteiger partial charge in [0.05, 0.1) is 5.56 Å². The van der Waals surface area contributed by atoms with Gasteiger partial charge in [0.15, 0.2) is 6.61 Å². The quantitative estimate of drug-likeness (QED) is 0.0870. The second-order valence-electron chi connectivity index (χ2n) is 9.50. The molecule has 0 fully saturated rings. The average Bonchev–Trinajstić information content (AvgIpc) is 2.82. The third kappa shape index (κ3) is 24.3. The van der Waals surface area contributed by atoms with Crippen LogP contribution in [0.4, 0.5) is 5.69 Å². The molecular formula is C27H45NO8Zr. The second kappa shape index (κ2) is 23.4. The molecule has 1 rings (SSSR count). The van der Waals surface area contributed by atoms with Crippen molar-refractivity contribution in [3.63, 3.8) is 0 Å². The molecule has 210 valence electrons. The zero-order chi connectivity index (χ0) is 27.9. The maximum atomic E-state index is 11.8. The molecule has 0 amide bonds. The van der Waals surface area contributed by atoms with E-state index in [2.05, 4.69) is 18.6 Å². The van der Waals surface area contributed by atoms with Gasteiger partial charge in [-0.05, 0) is 36.6 Å². The summed E-state index contributed by atoms with van der Waals surface area (Å²) in [5.74, 6) is -1.29. The Kier molecular flexibility index (Phi) is 22.2. The molecule has 0 saturated carbocycles. The van der Waals surface area contributed by atoms with Crippen LogP contribution < -0.4 is 5.73 Å². The van der Waals surface area contributed by atoms with Gasteiger partial charge in [0.25, 0.3) is 0 Å². The summed E-state index contributed by atoms with van der Waals surface area (Å²) in [6.07, 6.45) is 16.4. The van der Waals surface area contributed by atoms with Gasteiger partial charge in [-0.2, -0.15) is 0 Å². The molecule has 0 spiro atoms. The molecule has 37 heavy (non-hydrogen) atoms. The number of hydrogen-bond donors (Lipinski definition) is 3. The number of ether oxygens (including phenoxy) is 2. The van der Waals surface area contributed by atoms with Crippen LogP contribution in [0.3, 0.4) is 0 Å². The van der Waals surface area contributed by atoms with E-state index in [0.29, 0.717) is 5.69 Å². The predicted octanol–water partition coefficient (Wildman–Crippen LogP) is 5.38. The second-order valence-corrected chi connectivity index (χ2v) is 10.9. The molecule has 10 heteroatoms. The fourth-order valence-corrected chi connectivity index (χ4v) is 3.61. The van der Waals surface area contributed by atoms with Gasteiger partial charge in [-0.25, -0.2) is 9.59 Å². The van der Waals surface area contributed by atoms with Crippen LogP contribution in [0.2, 0.25) is 0 Å². The molecule has 1 aromatic carbocycles. The molecule has 0 atom stereocenters. The molecule has 0 heterocycles. The summed E-state index contributed by atoms with van der Waals surface area (Å²) in [5.41, 5.74) is 6.26. The molecule has 0 saturated heterocycles. The Labute approximate surface area is 230 Å². The van der Waals surface area contributed by atoms with Crippen LogP contribution in [0.1, 0.15) is 114 Å². The molecule has 0 aliphatic rings. The summed E-state index contributed by atoms with van der Waals surface area (Å²) in [6, 6.07) is 6.01. The van der Waals surface area contributed by atoms with Crippen LogP contribution in [-0.4, -0.2) is 30.9 Å². The van der Waals surface area contributed by atoms with E-state index in [9.17, 15) is 14.4 Å². The van der Waals surface area contributed by atoms with Gasteiger partial charge in [-0.15, -0.1) is 0 Å². The first-order valence-electron chi connectivity index (χ1n) is 13.3. The molecule has 0 aromatic heterocycles. The Morgan fingerprint density at radius 1 is 0.784 bits per heavy atom. The van der Waals surface area contributed by atoms with Crippen molar-refractivity contribution in [3.05, 3.63) is 29.8 Å². The van der Waals surface area contributed by atoms with Crippen molar-refractivity contribution in [2.24, 2.45) is 5.92 Å². The molecule has 0 aliphatic carbocycles. The molecule has 0 unspecified atom stereocenters. The molecule has 0 aliphatic heterocycles. The van der Waals surface area contributed by atoms with E-state index < -0.39 is 47.2 Å². The molecule has 9 nitrogen and oxygen atoms in total. The Bertz CT molecular complexity index is 779. The van der Waals surface area contributed by atoms with Crippen molar-refractivity contribution in [2.75, 3.05) is 12.3 Å². The van der Waals surface area contributed by atoms with Gasteiger partial charge in [-0.1, -0.05) is 90.9 Å². The van der Waals surface area contributed by atoms with Crippen LogP contribution in [0.5, 0.6) is 0 Å². The number of anilines is 1. The standard InChI is InChI=1S/C27H43NO5.2H2O.O.Zr/c1-22(2)15-13-11-9-7-5-3-4-6-8-10-12-14-16-25(29)32-21-26(30)33-27(31)23-17-19-24(28)20-18-23;;;;/h17-20,22H,3-16,21,28H2,1-2H3;2*1H2;;/q;;;;+2/p-2.